The lowest BCUT2D eigenvalue weighted by atomic mass is 10.4. The number of hydrogen-bond acceptors (Lipinski definition) is 4. The van der Waals surface area contributed by atoms with Crippen LogP contribution in [0.5, 0.6) is 0 Å². The zero-order valence-electron chi connectivity index (χ0n) is 11.5. The van der Waals surface area contributed by atoms with Gasteiger partial charge < -0.3 is 4.90 Å². The fourth-order valence-electron chi connectivity index (χ4n) is 2.01. The van der Waals surface area contributed by atoms with E-state index in [9.17, 15) is 0 Å². The summed E-state index contributed by atoms with van der Waals surface area (Å²) in [4.78, 5) is 11.0. The number of aryl methyl sites for hydroxylation is 1. The number of imidazole rings is 2. The molecular formula is C14H14N4S2. The molecule has 20 heavy (non-hydrogen) atoms. The van der Waals surface area contributed by atoms with Crippen molar-refractivity contribution in [3.8, 4) is 0 Å². The van der Waals surface area contributed by atoms with E-state index >= 15 is 0 Å². The number of aromatic nitrogens is 3. The van der Waals surface area contributed by atoms with Gasteiger partial charge in [0.05, 0.1) is 16.7 Å². The summed E-state index contributed by atoms with van der Waals surface area (Å²) in [6.07, 6.45) is 0. The third-order valence-corrected chi connectivity index (χ3v) is 4.81. The predicted molar refractivity (Wildman–Crippen MR) is 87.4 cm³/mol. The van der Waals surface area contributed by atoms with E-state index in [1.807, 2.05) is 50.2 Å². The maximum atomic E-state index is 5.39. The summed E-state index contributed by atoms with van der Waals surface area (Å²) in [5.74, 6) is 0.729. The van der Waals surface area contributed by atoms with Crippen LogP contribution in [0.25, 0.3) is 16.8 Å². The Kier molecular flexibility index (Phi) is 3.35. The molecule has 0 saturated carbocycles. The minimum absolute atomic E-state index is 0.729. The highest BCUT2D eigenvalue weighted by Crippen LogP contribution is 2.29. The van der Waals surface area contributed by atoms with E-state index < -0.39 is 0 Å². The normalized spacial score (nSPS) is 11.2. The van der Waals surface area contributed by atoms with Crippen LogP contribution in [0.1, 0.15) is 5.69 Å². The number of thiocarbonyl (C=S) groups is 1. The minimum Gasteiger partial charge on any atom is -0.363 e. The fourth-order valence-corrected chi connectivity index (χ4v) is 3.06. The highest BCUT2D eigenvalue weighted by atomic mass is 32.2. The van der Waals surface area contributed by atoms with Crippen LogP contribution in [0.15, 0.2) is 35.4 Å². The van der Waals surface area contributed by atoms with E-state index in [1.54, 1.807) is 11.8 Å². The number of fused-ring (bicyclic) bond motifs is 3. The molecule has 0 spiro atoms. The van der Waals surface area contributed by atoms with Crippen molar-refractivity contribution in [2.45, 2.75) is 11.9 Å². The Bertz CT molecular complexity index is 807. The van der Waals surface area contributed by atoms with Crippen LogP contribution in [-0.4, -0.2) is 37.7 Å². The number of thioether (sulfide) groups is 1. The largest absolute Gasteiger partial charge is 0.363 e. The molecule has 0 bridgehead atoms. The van der Waals surface area contributed by atoms with E-state index in [1.165, 1.54) is 0 Å². The SMILES string of the molecule is Cc1nc2nc3cccccc3n2c1SC(=S)N(C)C. The van der Waals surface area contributed by atoms with E-state index in [2.05, 4.69) is 20.4 Å². The van der Waals surface area contributed by atoms with Crippen molar-refractivity contribution < 1.29 is 0 Å². The van der Waals surface area contributed by atoms with Crippen molar-refractivity contribution >= 4 is 45.1 Å². The third-order valence-electron chi connectivity index (χ3n) is 2.98. The molecule has 0 amide bonds. The van der Waals surface area contributed by atoms with Crippen molar-refractivity contribution in [2.75, 3.05) is 14.1 Å². The van der Waals surface area contributed by atoms with Gasteiger partial charge in [-0.3, -0.25) is 4.40 Å². The monoisotopic (exact) mass is 302 g/mol. The highest BCUT2D eigenvalue weighted by molar-refractivity contribution is 8.22. The summed E-state index contributed by atoms with van der Waals surface area (Å²) in [6.45, 7) is 1.99. The summed E-state index contributed by atoms with van der Waals surface area (Å²) in [7, 11) is 3.90. The van der Waals surface area contributed by atoms with Crippen LogP contribution in [0, 0.1) is 6.92 Å². The molecule has 0 N–H and O–H groups in total. The summed E-state index contributed by atoms with van der Waals surface area (Å²) < 4.78 is 2.88. The van der Waals surface area contributed by atoms with E-state index in [0.717, 1.165) is 31.9 Å². The second-order valence-electron chi connectivity index (χ2n) is 4.69. The Labute approximate surface area is 126 Å². The quantitative estimate of drug-likeness (QED) is 0.509. The van der Waals surface area contributed by atoms with Gasteiger partial charge in [-0.1, -0.05) is 30.4 Å². The molecule has 0 unspecified atom stereocenters. The first kappa shape index (κ1) is 13.3. The van der Waals surface area contributed by atoms with Crippen LogP contribution < -0.4 is 0 Å². The summed E-state index contributed by atoms with van der Waals surface area (Å²) in [5, 5.41) is 1.03. The van der Waals surface area contributed by atoms with Crippen molar-refractivity contribution in [1.29, 1.82) is 0 Å². The number of hydrogen-bond donors (Lipinski definition) is 0. The van der Waals surface area contributed by atoms with Gasteiger partial charge in [0, 0.05) is 14.1 Å². The van der Waals surface area contributed by atoms with Gasteiger partial charge in [0.1, 0.15) is 9.35 Å². The molecule has 0 aliphatic rings. The van der Waals surface area contributed by atoms with Crippen molar-refractivity contribution in [3.05, 3.63) is 36.0 Å². The number of nitrogens with zero attached hydrogens (tertiary/aromatic N) is 4. The first-order valence-electron chi connectivity index (χ1n) is 6.21. The molecule has 0 saturated heterocycles. The zero-order valence-corrected chi connectivity index (χ0v) is 13.1. The molecule has 3 rings (SSSR count). The Hall–Kier alpha value is -1.66. The topological polar surface area (TPSA) is 33.4 Å². The van der Waals surface area contributed by atoms with Gasteiger partial charge in [-0.2, -0.15) is 0 Å². The Balaban J connectivity index is 2.25. The lowest BCUT2D eigenvalue weighted by Crippen LogP contribution is -2.16. The molecule has 0 aliphatic heterocycles. The van der Waals surface area contributed by atoms with Gasteiger partial charge >= 0.3 is 0 Å². The molecule has 0 radical (unpaired) electrons. The van der Waals surface area contributed by atoms with Crippen molar-refractivity contribution in [3.63, 3.8) is 0 Å². The second-order valence-corrected chi connectivity index (χ2v) is 6.32. The molecule has 0 aliphatic carbocycles. The van der Waals surface area contributed by atoms with Crippen LogP contribution in [0.3, 0.4) is 0 Å². The molecule has 0 fully saturated rings. The predicted octanol–water partition coefficient (Wildman–Crippen LogP) is 3.13. The van der Waals surface area contributed by atoms with Crippen molar-refractivity contribution in [1.82, 2.24) is 19.3 Å². The molecule has 1 aromatic carbocycles. The average Bonchev–Trinajstić information content (AvgIpc) is 2.76. The first-order chi connectivity index (χ1) is 9.58. The third kappa shape index (κ3) is 2.14. The maximum Gasteiger partial charge on any atom is 0.236 e. The lowest BCUT2D eigenvalue weighted by Gasteiger charge is -2.12. The van der Waals surface area contributed by atoms with E-state index in [-0.39, 0.29) is 0 Å². The van der Waals surface area contributed by atoms with E-state index in [4.69, 9.17) is 12.2 Å². The van der Waals surface area contributed by atoms with Gasteiger partial charge in [0.25, 0.3) is 0 Å². The van der Waals surface area contributed by atoms with E-state index in [0.29, 0.717) is 0 Å². The summed E-state index contributed by atoms with van der Waals surface area (Å²) >= 11 is 6.94. The zero-order chi connectivity index (χ0) is 14.3. The average molecular weight is 302 g/mol. The van der Waals surface area contributed by atoms with Gasteiger partial charge in [-0.15, -0.1) is 0 Å². The molecular weight excluding hydrogens is 288 g/mol. The van der Waals surface area contributed by atoms with Gasteiger partial charge in [0.2, 0.25) is 5.78 Å². The molecule has 6 heteroatoms. The molecule has 4 nitrogen and oxygen atoms in total. The lowest BCUT2D eigenvalue weighted by molar-refractivity contribution is 0.647. The standard InChI is InChI=1S/C14H14N4S2/c1-9-12(20-14(19)17(2)3)18-11-8-6-4-5-7-10(11)16-13(18)15-9/h4-8H,1-3H3. The van der Waals surface area contributed by atoms with Crippen LogP contribution >= 0.6 is 24.0 Å². The number of rotatable bonds is 1. The summed E-state index contributed by atoms with van der Waals surface area (Å²) in [6, 6.07) is 10.0. The smallest absolute Gasteiger partial charge is 0.236 e. The van der Waals surface area contributed by atoms with Crippen molar-refractivity contribution in [2.24, 2.45) is 0 Å². The van der Waals surface area contributed by atoms with Gasteiger partial charge in [0.15, 0.2) is 0 Å². The highest BCUT2D eigenvalue weighted by Gasteiger charge is 2.16. The fraction of sp³-hybridized carbons (Fsp3) is 0.214. The molecule has 3 aromatic rings. The van der Waals surface area contributed by atoms with Crippen LogP contribution in [-0.2, 0) is 0 Å². The van der Waals surface area contributed by atoms with Crippen LogP contribution in [0.2, 0.25) is 0 Å². The Morgan fingerprint density at radius 1 is 1.20 bits per heavy atom. The Morgan fingerprint density at radius 3 is 2.70 bits per heavy atom. The van der Waals surface area contributed by atoms with Gasteiger partial charge in [-0.25, -0.2) is 9.97 Å². The first-order valence-corrected chi connectivity index (χ1v) is 7.43. The molecule has 0 atom stereocenters. The Morgan fingerprint density at radius 2 is 1.95 bits per heavy atom. The molecule has 2 aromatic heterocycles. The van der Waals surface area contributed by atoms with Crippen LogP contribution in [0.4, 0.5) is 0 Å². The molecule has 2 heterocycles. The second kappa shape index (κ2) is 5.03. The maximum absolute atomic E-state index is 5.39. The summed E-state index contributed by atoms with van der Waals surface area (Å²) in [5.41, 5.74) is 2.94. The minimum atomic E-state index is 0.729. The van der Waals surface area contributed by atoms with Gasteiger partial charge in [-0.05, 0) is 30.8 Å². The molecule has 102 valence electrons.